The Balaban J connectivity index is 1.67. The zero-order valence-electron chi connectivity index (χ0n) is 19.0. The molecule has 0 saturated carbocycles. The summed E-state index contributed by atoms with van der Waals surface area (Å²) >= 11 is 1.55. The molecule has 0 spiro atoms. The highest BCUT2D eigenvalue weighted by molar-refractivity contribution is 8.00. The number of benzene rings is 3. The van der Waals surface area contributed by atoms with Gasteiger partial charge in [-0.1, -0.05) is 35.9 Å². The molecule has 1 heterocycles. The maximum Gasteiger partial charge on any atom is 0.255 e. The van der Waals surface area contributed by atoms with Crippen molar-refractivity contribution in [1.29, 1.82) is 0 Å². The molecule has 33 heavy (non-hydrogen) atoms. The summed E-state index contributed by atoms with van der Waals surface area (Å²) in [5.41, 5.74) is 5.03. The number of thioether (sulfide) groups is 1. The monoisotopic (exact) mass is 462 g/mol. The van der Waals surface area contributed by atoms with E-state index in [-0.39, 0.29) is 17.2 Å². The van der Waals surface area contributed by atoms with Gasteiger partial charge in [0.25, 0.3) is 5.91 Å². The molecule has 6 nitrogen and oxygen atoms in total. The average molecular weight is 463 g/mol. The summed E-state index contributed by atoms with van der Waals surface area (Å²) < 4.78 is 10.6. The molecule has 1 atom stereocenters. The number of rotatable bonds is 6. The number of ether oxygens (including phenoxy) is 2. The van der Waals surface area contributed by atoms with Crippen LogP contribution in [-0.4, -0.2) is 31.8 Å². The molecule has 0 aliphatic carbocycles. The summed E-state index contributed by atoms with van der Waals surface area (Å²) in [5, 5.41) is 2.78. The maximum atomic E-state index is 13.1. The molecule has 3 aromatic carbocycles. The molecule has 1 unspecified atom stereocenters. The highest BCUT2D eigenvalue weighted by Gasteiger charge is 2.36. The van der Waals surface area contributed by atoms with E-state index in [0.29, 0.717) is 28.5 Å². The lowest BCUT2D eigenvalue weighted by atomic mass is 10.1. The number of amides is 2. The lowest BCUT2D eigenvalue weighted by molar-refractivity contribution is -0.115. The van der Waals surface area contributed by atoms with E-state index in [1.807, 2.05) is 55.1 Å². The van der Waals surface area contributed by atoms with Gasteiger partial charge in [-0.3, -0.25) is 14.5 Å². The van der Waals surface area contributed by atoms with Crippen LogP contribution in [0.4, 0.5) is 11.4 Å². The van der Waals surface area contributed by atoms with Crippen molar-refractivity contribution >= 4 is 35.0 Å². The zero-order valence-corrected chi connectivity index (χ0v) is 19.9. The number of anilines is 2. The molecule has 0 bridgehead atoms. The van der Waals surface area contributed by atoms with Gasteiger partial charge in [0.05, 0.1) is 20.0 Å². The third kappa shape index (κ3) is 4.68. The lowest BCUT2D eigenvalue weighted by Crippen LogP contribution is -2.29. The predicted octanol–water partition coefficient (Wildman–Crippen LogP) is 5.35. The van der Waals surface area contributed by atoms with Crippen molar-refractivity contribution in [2.24, 2.45) is 0 Å². The first-order chi connectivity index (χ1) is 15.9. The van der Waals surface area contributed by atoms with E-state index in [4.69, 9.17) is 9.47 Å². The second-order valence-electron chi connectivity index (χ2n) is 7.86. The Hall–Kier alpha value is -3.45. The van der Waals surface area contributed by atoms with Gasteiger partial charge in [0.2, 0.25) is 5.91 Å². The smallest absolute Gasteiger partial charge is 0.255 e. The highest BCUT2D eigenvalue weighted by atomic mass is 32.2. The molecule has 0 aromatic heterocycles. The Kier molecular flexibility index (Phi) is 6.60. The molecule has 4 rings (SSSR count). The van der Waals surface area contributed by atoms with Crippen molar-refractivity contribution in [3.8, 4) is 11.5 Å². The molecule has 1 saturated heterocycles. The molecule has 2 amide bonds. The van der Waals surface area contributed by atoms with Gasteiger partial charge in [-0.25, -0.2) is 0 Å². The zero-order chi connectivity index (χ0) is 23.5. The number of nitrogens with one attached hydrogen (secondary N) is 1. The summed E-state index contributed by atoms with van der Waals surface area (Å²) in [5.74, 6) is 1.21. The number of methoxy groups -OCH3 is 2. The van der Waals surface area contributed by atoms with E-state index in [1.165, 1.54) is 0 Å². The summed E-state index contributed by atoms with van der Waals surface area (Å²) in [4.78, 5) is 27.8. The Morgan fingerprint density at radius 3 is 2.36 bits per heavy atom. The minimum atomic E-state index is -0.285. The van der Waals surface area contributed by atoms with Gasteiger partial charge in [0.15, 0.2) is 0 Å². The molecule has 3 aromatic rings. The first kappa shape index (κ1) is 22.7. The minimum Gasteiger partial charge on any atom is -0.497 e. The molecule has 170 valence electrons. The van der Waals surface area contributed by atoms with Gasteiger partial charge < -0.3 is 14.8 Å². The number of hydrogen-bond acceptors (Lipinski definition) is 5. The van der Waals surface area contributed by atoms with Crippen molar-refractivity contribution in [2.45, 2.75) is 19.2 Å². The standard InChI is InChI=1S/C26H26N2O4S/c1-16-9-10-23(17(2)11-16)28-24(29)15-33-26(28)21-7-5-6-8-22(21)27-25(30)18-12-19(31-3)14-20(13-18)32-4/h5-14,26H,15H2,1-4H3,(H,27,30). The van der Waals surface area contributed by atoms with Crippen LogP contribution in [-0.2, 0) is 4.79 Å². The number of hydrogen-bond donors (Lipinski definition) is 1. The van der Waals surface area contributed by atoms with Crippen LogP contribution in [0.3, 0.4) is 0 Å². The number of nitrogens with zero attached hydrogens (tertiary/aromatic N) is 1. The van der Waals surface area contributed by atoms with Gasteiger partial charge in [-0.2, -0.15) is 0 Å². The van der Waals surface area contributed by atoms with Crippen molar-refractivity contribution in [3.05, 3.63) is 82.9 Å². The number of para-hydroxylation sites is 1. The Morgan fingerprint density at radius 1 is 1.00 bits per heavy atom. The summed E-state index contributed by atoms with van der Waals surface area (Å²) in [6.45, 7) is 4.05. The van der Waals surface area contributed by atoms with Crippen LogP contribution in [0.25, 0.3) is 0 Å². The molecule has 0 radical (unpaired) electrons. The number of carbonyl (C=O) groups is 2. The normalized spacial score (nSPS) is 15.5. The van der Waals surface area contributed by atoms with Gasteiger partial charge in [-0.15, -0.1) is 11.8 Å². The average Bonchev–Trinajstić information content (AvgIpc) is 3.19. The van der Waals surface area contributed by atoms with Crippen LogP contribution < -0.4 is 19.7 Å². The summed E-state index contributed by atoms with van der Waals surface area (Å²) in [6, 6.07) is 18.7. The molecular formula is C26H26N2O4S. The van der Waals surface area contributed by atoms with Crippen molar-refractivity contribution < 1.29 is 19.1 Å². The number of aryl methyl sites for hydroxylation is 2. The SMILES string of the molecule is COc1cc(OC)cc(C(=O)Nc2ccccc2C2SCC(=O)N2c2ccc(C)cc2C)c1. The first-order valence-electron chi connectivity index (χ1n) is 10.6. The maximum absolute atomic E-state index is 13.1. The third-order valence-corrected chi connectivity index (χ3v) is 6.76. The van der Waals surface area contributed by atoms with Crippen LogP contribution in [0.5, 0.6) is 11.5 Å². The minimum absolute atomic E-state index is 0.0515. The Morgan fingerprint density at radius 2 is 1.70 bits per heavy atom. The van der Waals surface area contributed by atoms with E-state index < -0.39 is 0 Å². The second kappa shape index (κ2) is 9.58. The van der Waals surface area contributed by atoms with E-state index in [2.05, 4.69) is 11.4 Å². The van der Waals surface area contributed by atoms with E-state index in [9.17, 15) is 9.59 Å². The van der Waals surface area contributed by atoms with Gasteiger partial charge in [0.1, 0.15) is 16.9 Å². The van der Waals surface area contributed by atoms with E-state index >= 15 is 0 Å². The lowest BCUT2D eigenvalue weighted by Gasteiger charge is -2.27. The molecule has 1 fully saturated rings. The van der Waals surface area contributed by atoms with Crippen molar-refractivity contribution in [2.75, 3.05) is 30.2 Å². The van der Waals surface area contributed by atoms with Crippen LogP contribution in [0.15, 0.2) is 60.7 Å². The van der Waals surface area contributed by atoms with Crippen molar-refractivity contribution in [3.63, 3.8) is 0 Å². The second-order valence-corrected chi connectivity index (χ2v) is 8.93. The van der Waals surface area contributed by atoms with E-state index in [0.717, 1.165) is 22.4 Å². The fraction of sp³-hybridized carbons (Fsp3) is 0.231. The van der Waals surface area contributed by atoms with Crippen LogP contribution >= 0.6 is 11.8 Å². The third-order valence-electron chi connectivity index (χ3n) is 5.57. The van der Waals surface area contributed by atoms with Gasteiger partial charge in [-0.05, 0) is 43.7 Å². The van der Waals surface area contributed by atoms with Gasteiger partial charge in [0, 0.05) is 28.6 Å². The molecule has 1 N–H and O–H groups in total. The quantitative estimate of drug-likeness (QED) is 0.535. The van der Waals surface area contributed by atoms with E-state index in [1.54, 1.807) is 44.2 Å². The topological polar surface area (TPSA) is 67.9 Å². The summed E-state index contributed by atoms with van der Waals surface area (Å²) in [7, 11) is 3.09. The van der Waals surface area contributed by atoms with Gasteiger partial charge >= 0.3 is 0 Å². The molecule has 7 heteroatoms. The van der Waals surface area contributed by atoms with Crippen LogP contribution in [0, 0.1) is 13.8 Å². The fourth-order valence-electron chi connectivity index (χ4n) is 3.95. The Labute approximate surface area is 197 Å². The van der Waals surface area contributed by atoms with Crippen LogP contribution in [0.1, 0.15) is 32.4 Å². The van der Waals surface area contributed by atoms with Crippen molar-refractivity contribution in [1.82, 2.24) is 0 Å². The van der Waals surface area contributed by atoms with Crippen LogP contribution in [0.2, 0.25) is 0 Å². The largest absolute Gasteiger partial charge is 0.497 e. The Bertz CT molecular complexity index is 1190. The first-order valence-corrected chi connectivity index (χ1v) is 11.6. The summed E-state index contributed by atoms with van der Waals surface area (Å²) in [6.07, 6.45) is 0. The molecule has 1 aliphatic heterocycles. The number of carbonyl (C=O) groups excluding carboxylic acids is 2. The highest BCUT2D eigenvalue weighted by Crippen LogP contribution is 2.45. The molecule has 1 aliphatic rings. The fourth-order valence-corrected chi connectivity index (χ4v) is 5.15. The molecular weight excluding hydrogens is 436 g/mol. The predicted molar refractivity (Wildman–Crippen MR) is 133 cm³/mol.